The van der Waals surface area contributed by atoms with Crippen molar-refractivity contribution in [2.75, 3.05) is 13.2 Å². The predicted octanol–water partition coefficient (Wildman–Crippen LogP) is 10.1. The number of nitriles is 6. The molecule has 6 aromatic carbocycles. The number of carbonyl (C=O) groups is 1. The summed E-state index contributed by atoms with van der Waals surface area (Å²) in [6, 6.07) is 21.0. The van der Waals surface area contributed by atoms with Crippen molar-refractivity contribution in [1.29, 1.82) is 31.6 Å². The van der Waals surface area contributed by atoms with Crippen LogP contribution in [0.1, 0.15) is 74.3 Å². The molecule has 2 aliphatic carbocycles. The molecule has 0 aromatic heterocycles. The number of hydrogen-bond donors (Lipinski definition) is 1. The van der Waals surface area contributed by atoms with Gasteiger partial charge in [-0.15, -0.1) is 6.61 Å². The number of allylic oxidation sites excluding steroid dienone is 1. The SMILES string of the molecule is CCO.CC[O-].[C-]#[N+]c1c(F)c(F)c(CC#N)c(F)c1F.[C-]#[N+]c1cc2c(cc1[N+]#[C-])-c1cc(C#N)c(C#N)cc1/C2=C(\C#N)c1c(F)c(F)c([N+]#[C-])c(F)c1F.[C-]#[N+]c1cc2c(cc1[N+]#[C-])-c1cc(C#N)c(C#N)cc1C2=O.[Na+]. The third-order valence-electron chi connectivity index (χ3n) is 10.8. The Balaban J connectivity index is 0.000000324. The van der Waals surface area contributed by atoms with E-state index in [1.54, 1.807) is 26.0 Å². The van der Waals surface area contributed by atoms with E-state index >= 15 is 0 Å². The molecule has 15 nitrogen and oxygen atoms in total. The van der Waals surface area contributed by atoms with Gasteiger partial charge in [0.05, 0.1) is 85.3 Å². The normalized spacial score (nSPS) is 10.6. The zero-order valence-corrected chi connectivity index (χ0v) is 42.9. The fourth-order valence-electron chi connectivity index (χ4n) is 7.49. The number of nitrogens with zero attached hydrogens (tertiary/aromatic N) is 12. The van der Waals surface area contributed by atoms with Crippen LogP contribution in [-0.4, -0.2) is 24.1 Å². The zero-order valence-electron chi connectivity index (χ0n) is 40.9. The van der Waals surface area contributed by atoms with Crippen molar-refractivity contribution in [2.24, 2.45) is 0 Å². The molecule has 24 heteroatoms. The molecule has 6 aromatic rings. The minimum Gasteiger partial charge on any atom is -0.855 e. The molecule has 0 saturated carbocycles. The molecule has 2 aliphatic rings. The van der Waals surface area contributed by atoms with Gasteiger partial charge in [0.25, 0.3) is 11.4 Å². The number of fused-ring (bicyclic) bond motifs is 6. The summed E-state index contributed by atoms with van der Waals surface area (Å²) in [4.78, 5) is 30.3. The molecule has 0 fully saturated rings. The average Bonchev–Trinajstić information content (AvgIpc) is 4.15. The summed E-state index contributed by atoms with van der Waals surface area (Å²) in [7, 11) is 0. The number of carbonyl (C=O) groups excluding carboxylic acids is 1. The number of rotatable bonds is 2. The number of hydrogen-bond acceptors (Lipinski definition) is 9. The van der Waals surface area contributed by atoms with E-state index in [2.05, 4.69) is 29.1 Å². The van der Waals surface area contributed by atoms with Crippen LogP contribution >= 0.6 is 0 Å². The molecule has 380 valence electrons. The van der Waals surface area contributed by atoms with Crippen LogP contribution in [-0.2, 0) is 6.42 Å². The Labute approximate surface area is 471 Å². The maximum absolute atomic E-state index is 15.0. The van der Waals surface area contributed by atoms with Gasteiger partial charge in [-0.1, -0.05) is 31.2 Å². The quantitative estimate of drug-likeness (QED) is 0.0570. The smallest absolute Gasteiger partial charge is 0.855 e. The maximum Gasteiger partial charge on any atom is 1.00 e. The average molecular weight is 1080 g/mol. The Morgan fingerprint density at radius 1 is 0.487 bits per heavy atom. The molecule has 0 heterocycles. The minimum atomic E-state index is -1.99. The molecular weight excluding hydrogens is 1060 g/mol. The minimum absolute atomic E-state index is 0. The van der Waals surface area contributed by atoms with E-state index in [0.29, 0.717) is 22.3 Å². The molecule has 0 aliphatic heterocycles. The van der Waals surface area contributed by atoms with E-state index in [4.69, 9.17) is 65.4 Å². The molecule has 0 saturated heterocycles. The first-order chi connectivity index (χ1) is 37.8. The molecule has 0 bridgehead atoms. The molecule has 0 radical (unpaired) electrons. The first-order valence-corrected chi connectivity index (χ1v) is 21.3. The summed E-state index contributed by atoms with van der Waals surface area (Å²) < 4.78 is 111. The van der Waals surface area contributed by atoms with Gasteiger partial charge in [0.1, 0.15) is 30.3 Å². The van der Waals surface area contributed by atoms with Crippen molar-refractivity contribution in [2.45, 2.75) is 20.3 Å². The number of ketones is 1. The monoisotopic (exact) mass is 1080 g/mol. The molecule has 0 atom stereocenters. The first-order valence-electron chi connectivity index (χ1n) is 21.3. The van der Waals surface area contributed by atoms with Crippen molar-refractivity contribution < 1.29 is 79.7 Å². The van der Waals surface area contributed by atoms with Gasteiger partial charge in [-0.3, -0.25) is 24.2 Å². The molecule has 1 N–H and O–H groups in total. The van der Waals surface area contributed by atoms with Crippen LogP contribution in [0, 0.1) is 154 Å². The summed E-state index contributed by atoms with van der Waals surface area (Å²) in [5.74, 6) is -15.2. The fraction of sp³-hybridized carbons (Fsp3) is 0.0893. The van der Waals surface area contributed by atoms with Crippen molar-refractivity contribution in [1.82, 2.24) is 0 Å². The van der Waals surface area contributed by atoms with Crippen LogP contribution < -0.4 is 34.7 Å². The standard InChI is InChI=1S/C26H4F4N6.C17H4N4O.C9H2F4N2.C2H6O.C2H5O.Na/c1-34-18-6-14-13-4-11(8-31)12(9-32)5-15(13)20(16(14)7-19(18)35-2)17(10-33)21-22(27)24(29)26(36-3)25(30)23(21)28;1-20-15-5-12-11-3-9(7-18)10(8-19)4-13(11)17(22)14(12)6-16(15)21-2;1-15-9-7(12)5(10)4(2-3-14)6(11)8(9)13;2*1-2-3;/h4-7H;3-6H;2H2;3H,2H2,1H3;2H2,1H3;/q;;;;-1;+1/b20-17-;;;;;. The van der Waals surface area contributed by atoms with Crippen molar-refractivity contribution in [3.8, 4) is 58.7 Å². The van der Waals surface area contributed by atoms with Gasteiger partial charge in [-0.2, -0.15) is 31.6 Å². The molecule has 8 rings (SSSR count). The topological polar surface area (TPSA) is 229 Å². The maximum atomic E-state index is 15.0. The first kappa shape index (κ1) is 63.3. The largest absolute Gasteiger partial charge is 1.00 e. The molecule has 0 amide bonds. The molecule has 0 unspecified atom stereocenters. The Morgan fingerprint density at radius 3 is 1.10 bits per heavy atom. The van der Waals surface area contributed by atoms with Crippen LogP contribution in [0.3, 0.4) is 0 Å². The van der Waals surface area contributed by atoms with Crippen LogP contribution in [0.5, 0.6) is 0 Å². The molecular formula is C56H21F8N12NaO3. The van der Waals surface area contributed by atoms with Crippen molar-refractivity contribution >= 4 is 51.1 Å². The van der Waals surface area contributed by atoms with Crippen LogP contribution in [0.25, 0.3) is 62.5 Å². The van der Waals surface area contributed by atoms with Crippen molar-refractivity contribution in [3.63, 3.8) is 0 Å². The van der Waals surface area contributed by atoms with Crippen LogP contribution in [0.15, 0.2) is 48.5 Å². The van der Waals surface area contributed by atoms with E-state index < -0.39 is 81.0 Å². The number of benzene rings is 6. The third-order valence-corrected chi connectivity index (χ3v) is 10.8. The molecule has 80 heavy (non-hydrogen) atoms. The Morgan fingerprint density at radius 2 is 0.762 bits per heavy atom. The van der Waals surface area contributed by atoms with Gasteiger partial charge in [-0.25, -0.2) is 44.8 Å². The second kappa shape index (κ2) is 27.7. The zero-order chi connectivity index (χ0) is 59.2. The summed E-state index contributed by atoms with van der Waals surface area (Å²) in [6.07, 6.45) is -0.802. The second-order valence-corrected chi connectivity index (χ2v) is 15.0. The summed E-state index contributed by atoms with van der Waals surface area (Å²) in [5, 5.41) is 71.7. The van der Waals surface area contributed by atoms with E-state index in [-0.39, 0.29) is 121 Å². The van der Waals surface area contributed by atoms with Gasteiger partial charge < -0.3 is 10.2 Å². The number of aliphatic hydroxyl groups is 1. The second-order valence-electron chi connectivity index (χ2n) is 15.0. The Kier molecular flexibility index (Phi) is 21.9. The van der Waals surface area contributed by atoms with Crippen LogP contribution in [0.2, 0.25) is 0 Å². The Hall–Kier alpha value is -11.0. The fourth-order valence-corrected chi connectivity index (χ4v) is 7.49. The van der Waals surface area contributed by atoms with E-state index in [0.717, 1.165) is 0 Å². The van der Waals surface area contributed by atoms with Gasteiger partial charge in [0.15, 0.2) is 75.1 Å². The van der Waals surface area contributed by atoms with Gasteiger partial charge in [0.2, 0.25) is 0 Å². The number of aliphatic hydroxyl groups excluding tert-OH is 1. The number of halogens is 8. The van der Waals surface area contributed by atoms with E-state index in [9.17, 15) is 55.7 Å². The summed E-state index contributed by atoms with van der Waals surface area (Å²) in [5.41, 5.74) is -4.13. The van der Waals surface area contributed by atoms with Gasteiger partial charge >= 0.3 is 29.6 Å². The van der Waals surface area contributed by atoms with Crippen LogP contribution in [0.4, 0.5) is 69.2 Å². The summed E-state index contributed by atoms with van der Waals surface area (Å²) in [6.45, 7) is 45.5. The Bertz CT molecular complexity index is 4000. The molecule has 0 spiro atoms. The van der Waals surface area contributed by atoms with E-state index in [1.807, 2.05) is 18.2 Å². The van der Waals surface area contributed by atoms with Crippen molar-refractivity contribution in [3.05, 3.63) is 219 Å². The van der Waals surface area contributed by atoms with E-state index in [1.165, 1.54) is 54.6 Å². The van der Waals surface area contributed by atoms with Gasteiger partial charge in [0, 0.05) is 28.9 Å². The van der Waals surface area contributed by atoms with Gasteiger partial charge in [-0.05, 0) is 64.6 Å². The summed E-state index contributed by atoms with van der Waals surface area (Å²) >= 11 is 0. The third kappa shape index (κ3) is 11.7. The predicted molar refractivity (Wildman–Crippen MR) is 260 cm³/mol.